The summed E-state index contributed by atoms with van der Waals surface area (Å²) in [7, 11) is 0. The normalized spacial score (nSPS) is 18.1. The van der Waals surface area contributed by atoms with E-state index in [0.29, 0.717) is 38.4 Å². The predicted molar refractivity (Wildman–Crippen MR) is 109 cm³/mol. The van der Waals surface area contributed by atoms with E-state index >= 15 is 0 Å². The highest BCUT2D eigenvalue weighted by molar-refractivity contribution is 5.92. The van der Waals surface area contributed by atoms with Crippen LogP contribution < -0.4 is 0 Å². The first-order chi connectivity index (χ1) is 14.1. The van der Waals surface area contributed by atoms with Gasteiger partial charge in [-0.15, -0.1) is 0 Å². The zero-order valence-electron chi connectivity index (χ0n) is 17.0. The van der Waals surface area contributed by atoms with Crippen LogP contribution in [0.5, 0.6) is 0 Å². The first-order valence-corrected chi connectivity index (χ1v) is 10.4. The number of nitrogens with zero attached hydrogens (tertiary/aromatic N) is 4. The number of likely N-dealkylation sites (tertiary alicyclic amines) is 1. The van der Waals surface area contributed by atoms with Gasteiger partial charge in [0.05, 0.1) is 6.54 Å². The molecule has 29 heavy (non-hydrogen) atoms. The van der Waals surface area contributed by atoms with E-state index in [1.807, 2.05) is 36.1 Å². The Morgan fingerprint density at radius 3 is 2.31 bits per heavy atom. The number of amides is 2. The Kier molecular flexibility index (Phi) is 5.94. The molecule has 7 nitrogen and oxygen atoms in total. The van der Waals surface area contributed by atoms with E-state index < -0.39 is 0 Å². The van der Waals surface area contributed by atoms with Crippen LogP contribution >= 0.6 is 0 Å². The Bertz CT molecular complexity index is 847. The van der Waals surface area contributed by atoms with Crippen LogP contribution in [0.25, 0.3) is 11.3 Å². The van der Waals surface area contributed by atoms with Gasteiger partial charge in [0, 0.05) is 50.9 Å². The topological polar surface area (TPSA) is 69.9 Å². The maximum Gasteiger partial charge on any atom is 0.292 e. The van der Waals surface area contributed by atoms with Gasteiger partial charge in [-0.1, -0.05) is 35.0 Å². The summed E-state index contributed by atoms with van der Waals surface area (Å²) in [6, 6.07) is 9.67. The predicted octanol–water partition coefficient (Wildman–Crippen LogP) is 2.42. The van der Waals surface area contributed by atoms with Gasteiger partial charge in [0.1, 0.15) is 5.69 Å². The number of piperazine rings is 1. The van der Waals surface area contributed by atoms with Crippen molar-refractivity contribution in [3.8, 4) is 11.3 Å². The second-order valence-electron chi connectivity index (χ2n) is 7.95. The molecule has 7 heteroatoms. The molecule has 2 aromatic rings. The van der Waals surface area contributed by atoms with E-state index in [4.69, 9.17) is 4.52 Å². The fourth-order valence-electron chi connectivity index (χ4n) is 3.94. The van der Waals surface area contributed by atoms with E-state index in [1.54, 1.807) is 11.0 Å². The maximum atomic E-state index is 12.8. The van der Waals surface area contributed by atoms with Crippen molar-refractivity contribution >= 4 is 11.8 Å². The number of aromatic nitrogens is 1. The Labute approximate surface area is 171 Å². The highest BCUT2D eigenvalue weighted by Crippen LogP contribution is 2.21. The van der Waals surface area contributed by atoms with Crippen molar-refractivity contribution in [2.45, 2.75) is 26.2 Å². The van der Waals surface area contributed by atoms with Crippen molar-refractivity contribution in [1.82, 2.24) is 19.9 Å². The van der Waals surface area contributed by atoms with Gasteiger partial charge in [-0.3, -0.25) is 14.5 Å². The molecule has 0 saturated carbocycles. The maximum absolute atomic E-state index is 12.8. The van der Waals surface area contributed by atoms with Gasteiger partial charge < -0.3 is 14.3 Å². The third-order valence-corrected chi connectivity index (χ3v) is 5.80. The number of hydrogen-bond donors (Lipinski definition) is 0. The van der Waals surface area contributed by atoms with Crippen LogP contribution in [-0.4, -0.2) is 77.5 Å². The molecule has 1 aromatic heterocycles. The van der Waals surface area contributed by atoms with Crippen LogP contribution in [0.4, 0.5) is 0 Å². The number of rotatable bonds is 4. The van der Waals surface area contributed by atoms with Gasteiger partial charge in [-0.25, -0.2) is 0 Å². The summed E-state index contributed by atoms with van der Waals surface area (Å²) in [4.78, 5) is 31.1. The van der Waals surface area contributed by atoms with Crippen LogP contribution in [0.2, 0.25) is 0 Å². The van der Waals surface area contributed by atoms with Crippen LogP contribution in [0.1, 0.15) is 35.4 Å². The van der Waals surface area contributed by atoms with Crippen molar-refractivity contribution in [1.29, 1.82) is 0 Å². The molecule has 2 aliphatic rings. The minimum absolute atomic E-state index is 0.141. The summed E-state index contributed by atoms with van der Waals surface area (Å²) in [6.07, 6.45) is 3.43. The minimum Gasteiger partial charge on any atom is -0.350 e. The molecule has 154 valence electrons. The van der Waals surface area contributed by atoms with Crippen LogP contribution in [0, 0.1) is 6.92 Å². The van der Waals surface area contributed by atoms with E-state index in [1.165, 1.54) is 12.0 Å². The van der Waals surface area contributed by atoms with Crippen LogP contribution in [0.15, 0.2) is 34.9 Å². The number of piperidine rings is 1. The number of aryl methyl sites for hydroxylation is 1. The molecule has 0 radical (unpaired) electrons. The summed E-state index contributed by atoms with van der Waals surface area (Å²) >= 11 is 0. The molecule has 0 spiro atoms. The highest BCUT2D eigenvalue weighted by Gasteiger charge is 2.27. The van der Waals surface area contributed by atoms with E-state index in [0.717, 1.165) is 31.5 Å². The smallest absolute Gasteiger partial charge is 0.292 e. The third-order valence-electron chi connectivity index (χ3n) is 5.80. The highest BCUT2D eigenvalue weighted by atomic mass is 16.5. The van der Waals surface area contributed by atoms with Crippen LogP contribution in [0.3, 0.4) is 0 Å². The van der Waals surface area contributed by atoms with Crippen molar-refractivity contribution in [2.24, 2.45) is 0 Å². The molecule has 1 aromatic carbocycles. The summed E-state index contributed by atoms with van der Waals surface area (Å²) in [6.45, 7) is 6.81. The Balaban J connectivity index is 1.30. The standard InChI is InChI=1S/C22H28N4O3/c1-17-5-7-18(8-6-17)19-15-20(29-23-19)22(28)26-13-11-24(12-14-26)16-21(27)25-9-3-2-4-10-25/h5-8,15H,2-4,9-14,16H2,1H3. The van der Waals surface area contributed by atoms with Gasteiger partial charge in [-0.05, 0) is 26.2 Å². The molecule has 0 N–H and O–H groups in total. The Morgan fingerprint density at radius 1 is 0.931 bits per heavy atom. The largest absolute Gasteiger partial charge is 0.350 e. The first kappa shape index (κ1) is 19.6. The summed E-state index contributed by atoms with van der Waals surface area (Å²) in [5.41, 5.74) is 2.77. The summed E-state index contributed by atoms with van der Waals surface area (Å²) in [5.74, 6) is 0.332. The second-order valence-corrected chi connectivity index (χ2v) is 7.95. The first-order valence-electron chi connectivity index (χ1n) is 10.4. The molecule has 0 unspecified atom stereocenters. The lowest BCUT2D eigenvalue weighted by atomic mass is 10.1. The molecule has 0 aliphatic carbocycles. The van der Waals surface area contributed by atoms with Crippen molar-refractivity contribution in [3.63, 3.8) is 0 Å². The fourth-order valence-corrected chi connectivity index (χ4v) is 3.94. The number of hydrogen-bond acceptors (Lipinski definition) is 5. The zero-order valence-corrected chi connectivity index (χ0v) is 17.0. The molecule has 2 saturated heterocycles. The average molecular weight is 396 g/mol. The number of benzene rings is 1. The van der Waals surface area contributed by atoms with Gasteiger partial charge in [-0.2, -0.15) is 0 Å². The van der Waals surface area contributed by atoms with Gasteiger partial charge in [0.25, 0.3) is 5.91 Å². The van der Waals surface area contributed by atoms with Crippen LogP contribution in [-0.2, 0) is 4.79 Å². The lowest BCUT2D eigenvalue weighted by molar-refractivity contribution is -0.133. The van der Waals surface area contributed by atoms with E-state index in [2.05, 4.69) is 10.1 Å². The molecule has 2 fully saturated rings. The van der Waals surface area contributed by atoms with E-state index in [9.17, 15) is 9.59 Å². The van der Waals surface area contributed by atoms with Gasteiger partial charge >= 0.3 is 0 Å². The monoisotopic (exact) mass is 396 g/mol. The fraction of sp³-hybridized carbons (Fsp3) is 0.500. The summed E-state index contributed by atoms with van der Waals surface area (Å²) < 4.78 is 5.32. The molecule has 0 atom stereocenters. The average Bonchev–Trinajstić information content (AvgIpc) is 3.25. The van der Waals surface area contributed by atoms with Gasteiger partial charge in [0.15, 0.2) is 0 Å². The Morgan fingerprint density at radius 2 is 1.62 bits per heavy atom. The zero-order chi connectivity index (χ0) is 20.2. The van der Waals surface area contributed by atoms with Crippen molar-refractivity contribution < 1.29 is 14.1 Å². The number of carbonyl (C=O) groups excluding carboxylic acids is 2. The van der Waals surface area contributed by atoms with Crippen molar-refractivity contribution in [2.75, 3.05) is 45.8 Å². The molecular weight excluding hydrogens is 368 g/mol. The second kappa shape index (κ2) is 8.78. The molecule has 0 bridgehead atoms. The quantitative estimate of drug-likeness (QED) is 0.794. The van der Waals surface area contributed by atoms with Crippen molar-refractivity contribution in [3.05, 3.63) is 41.7 Å². The Hall–Kier alpha value is -2.67. The SMILES string of the molecule is Cc1ccc(-c2cc(C(=O)N3CCN(CC(=O)N4CCCCC4)CC3)on2)cc1. The molecular formula is C22H28N4O3. The molecule has 2 amide bonds. The van der Waals surface area contributed by atoms with E-state index in [-0.39, 0.29) is 17.6 Å². The summed E-state index contributed by atoms with van der Waals surface area (Å²) in [5, 5.41) is 4.05. The molecule has 3 heterocycles. The molecule has 4 rings (SSSR count). The number of carbonyl (C=O) groups is 2. The third kappa shape index (κ3) is 4.67. The van der Waals surface area contributed by atoms with Gasteiger partial charge in [0.2, 0.25) is 11.7 Å². The lowest BCUT2D eigenvalue weighted by Crippen LogP contribution is -2.52. The lowest BCUT2D eigenvalue weighted by Gasteiger charge is -2.35. The minimum atomic E-state index is -0.141. The molecule has 2 aliphatic heterocycles.